The van der Waals surface area contributed by atoms with Crippen molar-refractivity contribution >= 4 is 17.6 Å². The Morgan fingerprint density at radius 1 is 1.44 bits per heavy atom. The van der Waals surface area contributed by atoms with Gasteiger partial charge in [0, 0.05) is 0 Å². The Hall–Kier alpha value is -0.240. The second-order valence-electron chi connectivity index (χ2n) is 3.05. The molecular weight excluding hydrogens is 140 g/mol. The van der Waals surface area contributed by atoms with Crippen LogP contribution in [0.2, 0.25) is 0 Å². The highest BCUT2D eigenvalue weighted by Crippen LogP contribution is 2.24. The van der Waals surface area contributed by atoms with E-state index in [0.717, 1.165) is 0 Å². The van der Waals surface area contributed by atoms with Gasteiger partial charge in [-0.15, -0.1) is 11.6 Å². The van der Waals surface area contributed by atoms with Gasteiger partial charge in [0.05, 0.1) is 0 Å². The summed E-state index contributed by atoms with van der Waals surface area (Å²) in [6, 6.07) is 0. The van der Waals surface area contributed by atoms with Crippen molar-refractivity contribution in [2.75, 3.05) is 0 Å². The predicted molar refractivity (Wildman–Crippen MR) is 34.8 cm³/mol. The Bertz CT molecular complexity index is 115. The lowest BCUT2D eigenvalue weighted by Crippen LogP contribution is -2.27. The number of hydrogen-bond acceptors (Lipinski definition) is 1. The van der Waals surface area contributed by atoms with E-state index in [0.29, 0.717) is 0 Å². The molecule has 0 aromatic rings. The van der Waals surface area contributed by atoms with Crippen molar-refractivity contribution in [2.24, 2.45) is 5.41 Å². The zero-order valence-corrected chi connectivity index (χ0v) is 6.53. The summed E-state index contributed by atoms with van der Waals surface area (Å²) >= 11 is 5.43. The summed E-state index contributed by atoms with van der Waals surface area (Å²) < 4.78 is 0. The first-order chi connectivity index (χ1) is 3.85. The molecule has 0 aromatic heterocycles. The summed E-state index contributed by atoms with van der Waals surface area (Å²) in [6.45, 7) is 5.25. The van der Waals surface area contributed by atoms with Gasteiger partial charge in [-0.3, -0.25) is 0 Å². The molecule has 0 bridgehead atoms. The second kappa shape index (κ2) is 2.56. The van der Waals surface area contributed by atoms with Crippen LogP contribution in [0.15, 0.2) is 0 Å². The molecule has 53 valence electrons. The van der Waals surface area contributed by atoms with E-state index in [1.54, 1.807) is 20.8 Å². The number of halogens is 1. The van der Waals surface area contributed by atoms with Gasteiger partial charge in [0.2, 0.25) is 0 Å². The Morgan fingerprint density at radius 2 is 1.78 bits per heavy atom. The predicted octanol–water partition coefficient (Wildman–Crippen LogP) is 1.60. The Kier molecular flexibility index (Phi) is 2.50. The third-order valence-corrected chi connectivity index (χ3v) is 1.80. The molecule has 0 aliphatic rings. The molecule has 0 saturated heterocycles. The topological polar surface area (TPSA) is 37.0 Å². The molecule has 1 radical (unpaired) electrons. The third-order valence-electron chi connectivity index (χ3n) is 0.967. The van der Waals surface area contributed by atoms with E-state index < -0.39 is 16.8 Å². The SMILES string of the molecule is CC(C)(C)C(Cl)C([O])=O. The zero-order chi connectivity index (χ0) is 7.65. The monoisotopic (exact) mass is 149 g/mol. The maximum absolute atomic E-state index is 10.1. The fourth-order valence-electron chi connectivity index (χ4n) is 0.354. The normalized spacial score (nSPS) is 15.1. The van der Waals surface area contributed by atoms with Gasteiger partial charge in [-0.25, -0.2) is 9.90 Å². The van der Waals surface area contributed by atoms with E-state index in [2.05, 4.69) is 0 Å². The molecule has 0 spiro atoms. The molecule has 0 N–H and O–H groups in total. The van der Waals surface area contributed by atoms with E-state index in [4.69, 9.17) is 11.6 Å². The van der Waals surface area contributed by atoms with Crippen LogP contribution >= 0.6 is 11.6 Å². The van der Waals surface area contributed by atoms with Crippen molar-refractivity contribution in [1.29, 1.82) is 0 Å². The van der Waals surface area contributed by atoms with Gasteiger partial charge in [0.25, 0.3) is 0 Å². The maximum Gasteiger partial charge on any atom is 0.373 e. The molecule has 3 heteroatoms. The molecule has 0 aliphatic heterocycles. The molecule has 0 aromatic carbocycles. The van der Waals surface area contributed by atoms with Gasteiger partial charge in [0.15, 0.2) is 0 Å². The van der Waals surface area contributed by atoms with Crippen molar-refractivity contribution in [2.45, 2.75) is 26.1 Å². The van der Waals surface area contributed by atoms with Crippen molar-refractivity contribution in [3.8, 4) is 0 Å². The van der Waals surface area contributed by atoms with Crippen molar-refractivity contribution in [3.05, 3.63) is 0 Å². The minimum absolute atomic E-state index is 0.416. The van der Waals surface area contributed by atoms with Crippen LogP contribution in [-0.4, -0.2) is 11.3 Å². The summed E-state index contributed by atoms with van der Waals surface area (Å²) in [6.07, 6.45) is 0. The fraction of sp³-hybridized carbons (Fsp3) is 0.833. The number of carbonyl (C=O) groups excluding carboxylic acids is 1. The highest BCUT2D eigenvalue weighted by atomic mass is 35.5. The minimum atomic E-state index is -1.20. The summed E-state index contributed by atoms with van der Waals surface area (Å²) in [5.74, 6) is -1.20. The number of carbonyl (C=O) groups is 1. The maximum atomic E-state index is 10.1. The smallest absolute Gasteiger partial charge is 0.246 e. The average molecular weight is 150 g/mol. The van der Waals surface area contributed by atoms with Gasteiger partial charge in [0.1, 0.15) is 5.38 Å². The first kappa shape index (κ1) is 8.76. The quantitative estimate of drug-likeness (QED) is 0.522. The van der Waals surface area contributed by atoms with Gasteiger partial charge < -0.3 is 0 Å². The first-order valence-electron chi connectivity index (χ1n) is 2.70. The molecule has 0 amide bonds. The molecule has 1 unspecified atom stereocenters. The standard InChI is InChI=1S/C6H10ClO2/c1-6(2,3)4(7)5(8)9/h4H,1-3H3. The molecular formula is C6H10ClO2. The van der Waals surface area contributed by atoms with Crippen LogP contribution in [0.3, 0.4) is 0 Å². The van der Waals surface area contributed by atoms with Crippen molar-refractivity contribution in [3.63, 3.8) is 0 Å². The molecule has 2 nitrogen and oxygen atoms in total. The molecule has 0 fully saturated rings. The minimum Gasteiger partial charge on any atom is -0.246 e. The lowest BCUT2D eigenvalue weighted by atomic mass is 9.92. The Labute approximate surface area is 59.8 Å². The molecule has 0 saturated carbocycles. The Morgan fingerprint density at radius 3 is 1.78 bits per heavy atom. The van der Waals surface area contributed by atoms with E-state index in [-0.39, 0.29) is 0 Å². The van der Waals surface area contributed by atoms with Crippen LogP contribution in [0, 0.1) is 5.41 Å². The zero-order valence-electron chi connectivity index (χ0n) is 5.77. The van der Waals surface area contributed by atoms with E-state index >= 15 is 0 Å². The summed E-state index contributed by atoms with van der Waals surface area (Å²) in [7, 11) is 0. The summed E-state index contributed by atoms with van der Waals surface area (Å²) in [5, 5.41) is 9.20. The van der Waals surface area contributed by atoms with E-state index in [9.17, 15) is 9.90 Å². The van der Waals surface area contributed by atoms with Gasteiger partial charge >= 0.3 is 5.97 Å². The fourth-order valence-corrected chi connectivity index (χ4v) is 0.354. The molecule has 9 heavy (non-hydrogen) atoms. The highest BCUT2D eigenvalue weighted by molar-refractivity contribution is 6.30. The van der Waals surface area contributed by atoms with Crippen molar-refractivity contribution < 1.29 is 9.90 Å². The van der Waals surface area contributed by atoms with Gasteiger partial charge in [-0.2, -0.15) is 0 Å². The van der Waals surface area contributed by atoms with Crippen molar-refractivity contribution in [1.82, 2.24) is 0 Å². The van der Waals surface area contributed by atoms with Crippen LogP contribution in [0.4, 0.5) is 0 Å². The third kappa shape index (κ3) is 2.70. The van der Waals surface area contributed by atoms with Crippen LogP contribution < -0.4 is 0 Å². The first-order valence-corrected chi connectivity index (χ1v) is 3.14. The van der Waals surface area contributed by atoms with Gasteiger partial charge in [-0.1, -0.05) is 20.8 Å². The van der Waals surface area contributed by atoms with Crippen LogP contribution in [0.1, 0.15) is 20.8 Å². The number of hydrogen-bond donors (Lipinski definition) is 0. The molecule has 0 rings (SSSR count). The lowest BCUT2D eigenvalue weighted by molar-refractivity contribution is -0.144. The van der Waals surface area contributed by atoms with Crippen LogP contribution in [-0.2, 0) is 9.90 Å². The second-order valence-corrected chi connectivity index (χ2v) is 3.48. The van der Waals surface area contributed by atoms with E-state index in [1.807, 2.05) is 0 Å². The van der Waals surface area contributed by atoms with Crippen LogP contribution in [0.5, 0.6) is 0 Å². The largest absolute Gasteiger partial charge is 0.373 e. The van der Waals surface area contributed by atoms with E-state index in [1.165, 1.54) is 0 Å². The number of alkyl halides is 1. The molecule has 0 heterocycles. The Balaban J connectivity index is 4.04. The summed E-state index contributed by atoms with van der Waals surface area (Å²) in [5.41, 5.74) is -0.416. The highest BCUT2D eigenvalue weighted by Gasteiger charge is 2.29. The molecule has 0 aliphatic carbocycles. The summed E-state index contributed by atoms with van der Waals surface area (Å²) in [4.78, 5) is 10.1. The lowest BCUT2D eigenvalue weighted by Gasteiger charge is -2.19. The molecule has 1 atom stereocenters. The van der Waals surface area contributed by atoms with Crippen LogP contribution in [0.25, 0.3) is 0 Å². The number of rotatable bonds is 1. The van der Waals surface area contributed by atoms with Gasteiger partial charge in [-0.05, 0) is 5.41 Å². The average Bonchev–Trinajstić information content (AvgIpc) is 1.62.